The highest BCUT2D eigenvalue weighted by molar-refractivity contribution is 9.10. The van der Waals surface area contributed by atoms with Crippen molar-refractivity contribution in [1.29, 1.82) is 0 Å². The lowest BCUT2D eigenvalue weighted by Crippen LogP contribution is -2.13. The summed E-state index contributed by atoms with van der Waals surface area (Å²) in [6.45, 7) is 0. The third kappa shape index (κ3) is 3.96. The van der Waals surface area contributed by atoms with Crippen LogP contribution < -0.4 is 10.6 Å². The van der Waals surface area contributed by atoms with Crippen LogP contribution in [0.1, 0.15) is 10.4 Å². The SMILES string of the molecule is O=C(Nc1ccc(Br)cc1)c1ccccc1Nc1ccccn1. The quantitative estimate of drug-likeness (QED) is 0.693. The van der Waals surface area contributed by atoms with E-state index in [1.165, 1.54) is 0 Å². The van der Waals surface area contributed by atoms with Crippen LogP contribution in [0.4, 0.5) is 17.2 Å². The van der Waals surface area contributed by atoms with Crippen LogP contribution in [0, 0.1) is 0 Å². The zero-order chi connectivity index (χ0) is 16.1. The minimum absolute atomic E-state index is 0.175. The Morgan fingerprint density at radius 2 is 1.65 bits per heavy atom. The van der Waals surface area contributed by atoms with Gasteiger partial charge in [-0.15, -0.1) is 0 Å². The Hall–Kier alpha value is -2.66. The maximum Gasteiger partial charge on any atom is 0.257 e. The van der Waals surface area contributed by atoms with Crippen molar-refractivity contribution >= 4 is 39.0 Å². The lowest BCUT2D eigenvalue weighted by molar-refractivity contribution is 0.102. The molecule has 0 radical (unpaired) electrons. The van der Waals surface area contributed by atoms with Gasteiger partial charge in [-0.25, -0.2) is 4.98 Å². The number of carbonyl (C=O) groups is 1. The molecule has 0 spiro atoms. The topological polar surface area (TPSA) is 54.0 Å². The second-order valence-corrected chi connectivity index (χ2v) is 5.76. The van der Waals surface area contributed by atoms with Gasteiger partial charge in [0.25, 0.3) is 5.91 Å². The van der Waals surface area contributed by atoms with Gasteiger partial charge in [-0.05, 0) is 48.5 Å². The molecule has 0 aliphatic rings. The van der Waals surface area contributed by atoms with Gasteiger partial charge in [0.2, 0.25) is 0 Å². The van der Waals surface area contributed by atoms with Crippen molar-refractivity contribution in [3.8, 4) is 0 Å². The Morgan fingerprint density at radius 1 is 0.913 bits per heavy atom. The van der Waals surface area contributed by atoms with Crippen LogP contribution in [-0.4, -0.2) is 10.9 Å². The summed E-state index contributed by atoms with van der Waals surface area (Å²) in [7, 11) is 0. The first kappa shape index (κ1) is 15.2. The van der Waals surface area contributed by atoms with Crippen LogP contribution in [0.15, 0.2) is 77.4 Å². The van der Waals surface area contributed by atoms with Crippen molar-refractivity contribution in [1.82, 2.24) is 4.98 Å². The largest absolute Gasteiger partial charge is 0.340 e. The van der Waals surface area contributed by atoms with Crippen LogP contribution >= 0.6 is 15.9 Å². The number of halogens is 1. The molecule has 4 nitrogen and oxygen atoms in total. The van der Waals surface area contributed by atoms with Crippen molar-refractivity contribution in [2.75, 3.05) is 10.6 Å². The second kappa shape index (κ2) is 7.07. The third-order valence-electron chi connectivity index (χ3n) is 3.20. The summed E-state index contributed by atoms with van der Waals surface area (Å²) in [6, 6.07) is 20.4. The Labute approximate surface area is 142 Å². The number of anilines is 3. The second-order valence-electron chi connectivity index (χ2n) is 4.85. The van der Waals surface area contributed by atoms with Crippen molar-refractivity contribution in [3.63, 3.8) is 0 Å². The molecular weight excluding hydrogens is 354 g/mol. The van der Waals surface area contributed by atoms with Gasteiger partial charge in [0, 0.05) is 16.4 Å². The fourth-order valence-corrected chi connectivity index (χ4v) is 2.36. The van der Waals surface area contributed by atoms with Gasteiger partial charge in [0.05, 0.1) is 11.3 Å². The van der Waals surface area contributed by atoms with E-state index in [1.54, 1.807) is 12.3 Å². The van der Waals surface area contributed by atoms with Crippen LogP contribution in [0.25, 0.3) is 0 Å². The standard InChI is InChI=1S/C18H14BrN3O/c19-13-8-10-14(11-9-13)21-18(23)15-5-1-2-6-16(15)22-17-7-3-4-12-20-17/h1-12H,(H,20,22)(H,21,23). The molecule has 3 aromatic rings. The number of para-hydroxylation sites is 1. The van der Waals surface area contributed by atoms with Crippen molar-refractivity contribution in [2.45, 2.75) is 0 Å². The Balaban J connectivity index is 1.82. The molecule has 0 aliphatic carbocycles. The summed E-state index contributed by atoms with van der Waals surface area (Å²) in [5, 5.41) is 6.06. The lowest BCUT2D eigenvalue weighted by atomic mass is 10.1. The van der Waals surface area contributed by atoms with E-state index in [2.05, 4.69) is 31.5 Å². The van der Waals surface area contributed by atoms with Gasteiger partial charge in [-0.1, -0.05) is 34.1 Å². The molecule has 0 unspecified atom stereocenters. The van der Waals surface area contributed by atoms with E-state index in [0.29, 0.717) is 17.1 Å². The smallest absolute Gasteiger partial charge is 0.257 e. The molecule has 3 rings (SSSR count). The Bertz CT molecular complexity index is 804. The molecule has 23 heavy (non-hydrogen) atoms. The summed E-state index contributed by atoms with van der Waals surface area (Å²) >= 11 is 3.38. The number of hydrogen-bond donors (Lipinski definition) is 2. The number of hydrogen-bond acceptors (Lipinski definition) is 3. The Morgan fingerprint density at radius 3 is 2.39 bits per heavy atom. The highest BCUT2D eigenvalue weighted by Crippen LogP contribution is 2.21. The van der Waals surface area contributed by atoms with Crippen LogP contribution in [0.5, 0.6) is 0 Å². The van der Waals surface area contributed by atoms with Crippen molar-refractivity contribution < 1.29 is 4.79 Å². The van der Waals surface area contributed by atoms with E-state index >= 15 is 0 Å². The van der Waals surface area contributed by atoms with E-state index in [4.69, 9.17) is 0 Å². The minimum Gasteiger partial charge on any atom is -0.340 e. The van der Waals surface area contributed by atoms with Crippen LogP contribution in [-0.2, 0) is 0 Å². The van der Waals surface area contributed by atoms with Gasteiger partial charge < -0.3 is 10.6 Å². The predicted molar refractivity (Wildman–Crippen MR) is 96.1 cm³/mol. The minimum atomic E-state index is -0.175. The van der Waals surface area contributed by atoms with E-state index in [9.17, 15) is 4.79 Å². The molecule has 2 aromatic carbocycles. The number of aromatic nitrogens is 1. The maximum atomic E-state index is 12.5. The van der Waals surface area contributed by atoms with E-state index in [0.717, 1.165) is 10.2 Å². The predicted octanol–water partition coefficient (Wildman–Crippen LogP) is 4.84. The van der Waals surface area contributed by atoms with E-state index < -0.39 is 0 Å². The number of amides is 1. The average molecular weight is 368 g/mol. The molecule has 1 amide bonds. The van der Waals surface area contributed by atoms with Gasteiger partial charge in [-0.3, -0.25) is 4.79 Å². The average Bonchev–Trinajstić information content (AvgIpc) is 2.58. The molecule has 0 saturated heterocycles. The molecule has 0 bridgehead atoms. The highest BCUT2D eigenvalue weighted by atomic mass is 79.9. The van der Waals surface area contributed by atoms with Crippen LogP contribution in [0.3, 0.4) is 0 Å². The van der Waals surface area contributed by atoms with Gasteiger partial charge in [0.1, 0.15) is 5.82 Å². The molecule has 1 aromatic heterocycles. The van der Waals surface area contributed by atoms with Gasteiger partial charge in [0.15, 0.2) is 0 Å². The van der Waals surface area contributed by atoms with E-state index in [1.807, 2.05) is 60.7 Å². The van der Waals surface area contributed by atoms with E-state index in [-0.39, 0.29) is 5.91 Å². The first-order valence-corrected chi connectivity index (χ1v) is 7.86. The van der Waals surface area contributed by atoms with Crippen LogP contribution in [0.2, 0.25) is 0 Å². The highest BCUT2D eigenvalue weighted by Gasteiger charge is 2.11. The normalized spacial score (nSPS) is 10.1. The molecule has 0 saturated carbocycles. The molecule has 114 valence electrons. The lowest BCUT2D eigenvalue weighted by Gasteiger charge is -2.11. The molecule has 0 atom stereocenters. The number of nitrogens with zero attached hydrogens (tertiary/aromatic N) is 1. The molecule has 0 fully saturated rings. The number of carbonyl (C=O) groups excluding carboxylic acids is 1. The summed E-state index contributed by atoms with van der Waals surface area (Å²) in [5.41, 5.74) is 2.01. The fourth-order valence-electron chi connectivity index (χ4n) is 2.10. The number of rotatable bonds is 4. The summed E-state index contributed by atoms with van der Waals surface area (Å²) < 4.78 is 0.965. The maximum absolute atomic E-state index is 12.5. The third-order valence-corrected chi connectivity index (χ3v) is 3.73. The fraction of sp³-hybridized carbons (Fsp3) is 0. The molecular formula is C18H14BrN3O. The zero-order valence-electron chi connectivity index (χ0n) is 12.2. The molecule has 2 N–H and O–H groups in total. The zero-order valence-corrected chi connectivity index (χ0v) is 13.7. The van der Waals surface area contributed by atoms with Gasteiger partial charge >= 0.3 is 0 Å². The first-order valence-electron chi connectivity index (χ1n) is 7.06. The molecule has 5 heteroatoms. The van der Waals surface area contributed by atoms with Crippen molar-refractivity contribution in [3.05, 3.63) is 83.0 Å². The number of benzene rings is 2. The summed E-state index contributed by atoms with van der Waals surface area (Å²) in [6.07, 6.45) is 1.70. The Kier molecular flexibility index (Phi) is 4.68. The first-order chi connectivity index (χ1) is 11.2. The molecule has 1 heterocycles. The molecule has 0 aliphatic heterocycles. The van der Waals surface area contributed by atoms with Gasteiger partial charge in [-0.2, -0.15) is 0 Å². The monoisotopic (exact) mass is 367 g/mol. The number of nitrogens with one attached hydrogen (secondary N) is 2. The summed E-state index contributed by atoms with van der Waals surface area (Å²) in [4.78, 5) is 16.7. The van der Waals surface area contributed by atoms with Crippen molar-refractivity contribution in [2.24, 2.45) is 0 Å². The number of pyridine rings is 1. The summed E-state index contributed by atoms with van der Waals surface area (Å²) in [5.74, 6) is 0.516.